The molecule has 1 spiro atoms. The van der Waals surface area contributed by atoms with Crippen molar-refractivity contribution in [3.8, 4) is 0 Å². The smallest absolute Gasteiger partial charge is 0.266 e. The summed E-state index contributed by atoms with van der Waals surface area (Å²) in [4.78, 5) is 5.70. The number of aromatic nitrogens is 1. The van der Waals surface area contributed by atoms with Crippen LogP contribution < -0.4 is 15.4 Å². The summed E-state index contributed by atoms with van der Waals surface area (Å²) in [5, 5.41) is 8.64. The molecule has 0 unspecified atom stereocenters. The van der Waals surface area contributed by atoms with E-state index in [0.717, 1.165) is 56.0 Å². The molecule has 0 amide bonds. The number of sulfonamides is 1. The third-order valence-corrected chi connectivity index (χ3v) is 8.79. The van der Waals surface area contributed by atoms with Crippen LogP contribution >= 0.6 is 34.5 Å². The molecule has 0 bridgehead atoms. The van der Waals surface area contributed by atoms with E-state index < -0.39 is 20.7 Å². The van der Waals surface area contributed by atoms with Crippen molar-refractivity contribution in [2.24, 2.45) is 5.41 Å². The Hall–Kier alpha value is -1.95. The molecule has 3 N–H and O–H groups in total. The Morgan fingerprint density at radius 1 is 1.20 bits per heavy atom. The molecule has 5 rings (SSSR count). The van der Waals surface area contributed by atoms with Crippen LogP contribution in [0.2, 0.25) is 10.0 Å². The second kappa shape index (κ2) is 10.2. The predicted molar refractivity (Wildman–Crippen MR) is 140 cm³/mol. The average Bonchev–Trinajstić information content (AvgIpc) is 3.22. The highest BCUT2D eigenvalue weighted by atomic mass is 35.5. The molecule has 7 nitrogen and oxygen atoms in total. The lowest BCUT2D eigenvalue weighted by Crippen LogP contribution is -2.70. The summed E-state index contributed by atoms with van der Waals surface area (Å²) in [5.74, 6) is -0.801. The zero-order valence-electron chi connectivity index (χ0n) is 17.9. The molecule has 3 aromatic rings. The summed E-state index contributed by atoms with van der Waals surface area (Å²) >= 11 is 14.0. The van der Waals surface area contributed by atoms with Crippen LogP contribution in [0.25, 0.3) is 0 Å². The Balaban J connectivity index is 0.00000289. The number of hydrogen-bond donors (Lipinski definition) is 3. The Morgan fingerprint density at radius 2 is 1.97 bits per heavy atom. The number of thiazole rings is 1. The molecule has 1 aromatic heterocycles. The molecule has 12 heteroatoms. The normalized spacial score (nSPS) is 16.8. The van der Waals surface area contributed by atoms with Gasteiger partial charge in [0.1, 0.15) is 10.7 Å². The van der Waals surface area contributed by atoms with Crippen LogP contribution in [0.15, 0.2) is 46.1 Å². The van der Waals surface area contributed by atoms with Crippen molar-refractivity contribution < 1.29 is 12.8 Å². The number of likely N-dealkylation sites (tertiary alicyclic amines) is 1. The van der Waals surface area contributed by atoms with Gasteiger partial charge in [-0.05, 0) is 29.3 Å². The second-order valence-corrected chi connectivity index (χ2v) is 11.9. The number of hydrogen-bond acceptors (Lipinski definition) is 7. The van der Waals surface area contributed by atoms with Gasteiger partial charge in [-0.3, -0.25) is 9.62 Å². The Labute approximate surface area is 218 Å². The number of benzene rings is 2. The highest BCUT2D eigenvalue weighted by molar-refractivity contribution is 7.92. The lowest BCUT2D eigenvalue weighted by Gasteiger charge is -2.56. The lowest BCUT2D eigenvalue weighted by atomic mass is 9.74. The Bertz CT molecular complexity index is 1310. The van der Waals surface area contributed by atoms with Crippen molar-refractivity contribution in [3.63, 3.8) is 0 Å². The van der Waals surface area contributed by atoms with E-state index in [-0.39, 0.29) is 24.0 Å². The number of nitrogens with one attached hydrogen (secondary N) is 3. The van der Waals surface area contributed by atoms with Gasteiger partial charge in [0.15, 0.2) is 5.82 Å². The van der Waals surface area contributed by atoms with Gasteiger partial charge in [-0.1, -0.05) is 42.8 Å². The third-order valence-electron chi connectivity index (χ3n) is 6.17. The lowest BCUT2D eigenvalue weighted by molar-refractivity contribution is -0.0445. The van der Waals surface area contributed by atoms with Crippen LogP contribution in [0.4, 0.5) is 15.9 Å². The standard InChI is InChI=1S/C22H22Cl2FN5O2S2.CH4/c23-16-3-1-2-14(7-30-11-22(12-30)9-26-10-22)15(16)6-27-19-5-18(25)20(4-17(19)24)34(31,32)29-21-8-33-13-28-21;/h1-5,8,13,26-27,29H,6-7,9-12H2;1H4. The quantitative estimate of drug-likeness (QED) is 0.359. The summed E-state index contributed by atoms with van der Waals surface area (Å²) in [6, 6.07) is 7.94. The van der Waals surface area contributed by atoms with Crippen molar-refractivity contribution in [2.75, 3.05) is 36.2 Å². The molecule has 2 aromatic carbocycles. The first-order valence-corrected chi connectivity index (χ1v) is 13.8. The minimum absolute atomic E-state index is 0. The van der Waals surface area contributed by atoms with Gasteiger partial charge < -0.3 is 10.6 Å². The number of halogens is 3. The van der Waals surface area contributed by atoms with Gasteiger partial charge in [0.05, 0.1) is 16.2 Å². The molecule has 0 saturated carbocycles. The highest BCUT2D eigenvalue weighted by Gasteiger charge is 2.47. The van der Waals surface area contributed by atoms with Crippen LogP contribution in [0.1, 0.15) is 18.6 Å². The van der Waals surface area contributed by atoms with E-state index in [1.165, 1.54) is 22.2 Å². The highest BCUT2D eigenvalue weighted by Crippen LogP contribution is 2.36. The van der Waals surface area contributed by atoms with Crippen LogP contribution in [0.3, 0.4) is 0 Å². The van der Waals surface area contributed by atoms with Gasteiger partial charge in [-0.25, -0.2) is 17.8 Å². The second-order valence-electron chi connectivity index (χ2n) is 8.72. The molecule has 2 aliphatic rings. The first-order chi connectivity index (χ1) is 16.2. The molecule has 35 heavy (non-hydrogen) atoms. The molecule has 0 aliphatic carbocycles. The average molecular weight is 559 g/mol. The molecular weight excluding hydrogens is 532 g/mol. The van der Waals surface area contributed by atoms with E-state index in [1.54, 1.807) is 0 Å². The summed E-state index contributed by atoms with van der Waals surface area (Å²) in [6.45, 7) is 5.35. The fourth-order valence-corrected chi connectivity index (χ4v) is 6.62. The minimum Gasteiger partial charge on any atom is -0.380 e. The minimum atomic E-state index is -4.17. The van der Waals surface area contributed by atoms with E-state index in [0.29, 0.717) is 17.0 Å². The van der Waals surface area contributed by atoms with Crippen molar-refractivity contribution in [3.05, 3.63) is 68.2 Å². The van der Waals surface area contributed by atoms with E-state index in [1.807, 2.05) is 18.2 Å². The number of rotatable bonds is 8. The summed E-state index contributed by atoms with van der Waals surface area (Å²) in [6.07, 6.45) is 0. The monoisotopic (exact) mass is 557 g/mol. The molecule has 2 aliphatic heterocycles. The van der Waals surface area contributed by atoms with E-state index in [2.05, 4.69) is 25.2 Å². The first-order valence-electron chi connectivity index (χ1n) is 10.6. The molecule has 0 atom stereocenters. The maximum Gasteiger partial charge on any atom is 0.266 e. The van der Waals surface area contributed by atoms with Gasteiger partial charge in [0.2, 0.25) is 0 Å². The van der Waals surface area contributed by atoms with E-state index in [4.69, 9.17) is 23.2 Å². The van der Waals surface area contributed by atoms with Gasteiger partial charge in [-0.2, -0.15) is 0 Å². The summed E-state index contributed by atoms with van der Waals surface area (Å²) < 4.78 is 42.2. The van der Waals surface area contributed by atoms with Crippen LogP contribution in [-0.4, -0.2) is 44.5 Å². The van der Waals surface area contributed by atoms with Crippen LogP contribution in [0, 0.1) is 11.2 Å². The van der Waals surface area contributed by atoms with E-state index in [9.17, 15) is 12.8 Å². The summed E-state index contributed by atoms with van der Waals surface area (Å²) in [5.41, 5.74) is 4.17. The van der Waals surface area contributed by atoms with Crippen molar-refractivity contribution in [1.29, 1.82) is 0 Å². The van der Waals surface area contributed by atoms with Gasteiger partial charge in [0.25, 0.3) is 10.0 Å². The maximum absolute atomic E-state index is 14.8. The Morgan fingerprint density at radius 3 is 2.63 bits per heavy atom. The number of nitrogens with zero attached hydrogens (tertiary/aromatic N) is 2. The maximum atomic E-state index is 14.8. The zero-order valence-corrected chi connectivity index (χ0v) is 21.1. The third kappa shape index (κ3) is 5.42. The van der Waals surface area contributed by atoms with E-state index >= 15 is 0 Å². The number of anilines is 2. The Kier molecular flexibility index (Phi) is 7.61. The predicted octanol–water partition coefficient (Wildman–Crippen LogP) is 5.04. The SMILES string of the molecule is C.O=S(=O)(Nc1cscn1)c1cc(Cl)c(NCc2c(Cl)cccc2CN2CC3(CNC3)C2)cc1F. The molecule has 2 fully saturated rings. The van der Waals surface area contributed by atoms with Crippen molar-refractivity contribution in [1.82, 2.24) is 15.2 Å². The zero-order chi connectivity index (χ0) is 23.9. The van der Waals surface area contributed by atoms with Crippen molar-refractivity contribution in [2.45, 2.75) is 25.4 Å². The van der Waals surface area contributed by atoms with Gasteiger partial charge in [-0.15, -0.1) is 11.3 Å². The van der Waals surface area contributed by atoms with Gasteiger partial charge in [0, 0.05) is 55.1 Å². The van der Waals surface area contributed by atoms with Crippen LogP contribution in [0.5, 0.6) is 0 Å². The first kappa shape index (κ1) is 26.1. The molecule has 188 valence electrons. The molecule has 2 saturated heterocycles. The molecule has 3 heterocycles. The fourth-order valence-electron chi connectivity index (χ4n) is 4.42. The molecule has 0 radical (unpaired) electrons. The summed E-state index contributed by atoms with van der Waals surface area (Å²) in [7, 11) is -4.17. The van der Waals surface area contributed by atoms with Gasteiger partial charge >= 0.3 is 0 Å². The largest absolute Gasteiger partial charge is 0.380 e. The van der Waals surface area contributed by atoms with Crippen LogP contribution in [-0.2, 0) is 23.1 Å². The molecular formula is C23H26Cl2FN5O2S2. The topological polar surface area (TPSA) is 86.4 Å². The fraction of sp³-hybridized carbons (Fsp3) is 0.348. The van der Waals surface area contributed by atoms with Crippen molar-refractivity contribution >= 4 is 56.1 Å².